The molecule has 1 aromatic rings. The summed E-state index contributed by atoms with van der Waals surface area (Å²) in [6.45, 7) is 7.46. The van der Waals surface area contributed by atoms with Crippen LogP contribution < -0.4 is 5.32 Å². The lowest BCUT2D eigenvalue weighted by Gasteiger charge is -2.06. The Hall–Kier alpha value is -1.09. The molecule has 0 aliphatic carbocycles. The van der Waals surface area contributed by atoms with E-state index >= 15 is 0 Å². The summed E-state index contributed by atoms with van der Waals surface area (Å²) >= 11 is 0. The first-order valence-corrected chi connectivity index (χ1v) is 5.49. The van der Waals surface area contributed by atoms with Gasteiger partial charge in [-0.1, -0.05) is 19.9 Å². The molecular weight excluding hydrogens is 186 g/mol. The van der Waals surface area contributed by atoms with Gasteiger partial charge in [0.2, 0.25) is 0 Å². The van der Waals surface area contributed by atoms with E-state index in [1.165, 1.54) is 5.57 Å². The van der Waals surface area contributed by atoms with Gasteiger partial charge in [0.05, 0.1) is 0 Å². The molecule has 1 N–H and O–H groups in total. The van der Waals surface area contributed by atoms with Gasteiger partial charge in [-0.25, -0.2) is 4.98 Å². The van der Waals surface area contributed by atoms with Gasteiger partial charge in [-0.3, -0.25) is 0 Å². The fourth-order valence-electron chi connectivity index (χ4n) is 1.50. The van der Waals surface area contributed by atoms with Gasteiger partial charge in [-0.15, -0.1) is 0 Å². The molecule has 1 heterocycles. The number of aryl methyl sites for hydroxylation is 1. The van der Waals surface area contributed by atoms with E-state index < -0.39 is 0 Å². The van der Waals surface area contributed by atoms with Gasteiger partial charge >= 0.3 is 0 Å². The third-order valence-corrected chi connectivity index (χ3v) is 2.32. The normalized spacial score (nSPS) is 12.5. The lowest BCUT2D eigenvalue weighted by Crippen LogP contribution is -2.23. The van der Waals surface area contributed by atoms with Crippen LogP contribution in [0.5, 0.6) is 0 Å². The second-order valence-corrected chi connectivity index (χ2v) is 4.15. The Labute approximate surface area is 92.2 Å². The predicted octanol–water partition coefficient (Wildman–Crippen LogP) is 2.21. The maximum absolute atomic E-state index is 4.30. The summed E-state index contributed by atoms with van der Waals surface area (Å²) in [5.74, 6) is 1.06. The van der Waals surface area contributed by atoms with Gasteiger partial charge in [-0.2, -0.15) is 0 Å². The van der Waals surface area contributed by atoms with E-state index in [1.54, 1.807) is 0 Å². The summed E-state index contributed by atoms with van der Waals surface area (Å²) in [5, 5.41) is 3.39. The number of aromatic nitrogens is 2. The third-order valence-electron chi connectivity index (χ3n) is 2.32. The molecule has 3 nitrogen and oxygen atoms in total. The average molecular weight is 207 g/mol. The summed E-state index contributed by atoms with van der Waals surface area (Å²) in [5.41, 5.74) is 1.24. The molecule has 0 atom stereocenters. The minimum atomic E-state index is 0.562. The molecule has 0 bridgehead atoms. The van der Waals surface area contributed by atoms with Crippen LogP contribution in [0.4, 0.5) is 0 Å². The predicted molar refractivity (Wildman–Crippen MR) is 64.6 cm³/mol. The summed E-state index contributed by atoms with van der Waals surface area (Å²) < 4.78 is 2.04. The lowest BCUT2D eigenvalue weighted by atomic mass is 10.2. The van der Waals surface area contributed by atoms with Crippen molar-refractivity contribution < 1.29 is 0 Å². The molecule has 0 aliphatic rings. The summed E-state index contributed by atoms with van der Waals surface area (Å²) in [4.78, 5) is 4.30. The molecule has 0 spiro atoms. The number of hydrogen-bond donors (Lipinski definition) is 1. The Morgan fingerprint density at radius 3 is 2.87 bits per heavy atom. The molecule has 0 amide bonds. The van der Waals surface area contributed by atoms with Gasteiger partial charge in [0.25, 0.3) is 0 Å². The number of nitrogens with zero attached hydrogens (tertiary/aromatic N) is 2. The van der Waals surface area contributed by atoms with E-state index in [0.29, 0.717) is 6.04 Å². The molecule has 1 aromatic heterocycles. The second kappa shape index (κ2) is 5.71. The molecular formula is C12H21N3. The molecule has 15 heavy (non-hydrogen) atoms. The van der Waals surface area contributed by atoms with Crippen LogP contribution in [0.2, 0.25) is 0 Å². The molecule has 1 rings (SSSR count). The topological polar surface area (TPSA) is 29.9 Å². The highest BCUT2D eigenvalue weighted by molar-refractivity contribution is 5.57. The summed E-state index contributed by atoms with van der Waals surface area (Å²) in [7, 11) is 2.02. The maximum atomic E-state index is 4.30. The van der Waals surface area contributed by atoms with Crippen molar-refractivity contribution in [2.75, 3.05) is 6.54 Å². The van der Waals surface area contributed by atoms with Crippen LogP contribution in [0.15, 0.2) is 18.5 Å². The Bertz CT molecular complexity index is 323. The van der Waals surface area contributed by atoms with Crippen molar-refractivity contribution in [3.63, 3.8) is 0 Å². The van der Waals surface area contributed by atoms with Gasteiger partial charge in [0, 0.05) is 25.5 Å². The Kier molecular flexibility index (Phi) is 4.56. The van der Waals surface area contributed by atoms with Gasteiger partial charge in [0.1, 0.15) is 5.82 Å². The fraction of sp³-hybridized carbons (Fsp3) is 0.583. The summed E-state index contributed by atoms with van der Waals surface area (Å²) in [6.07, 6.45) is 7.09. The van der Waals surface area contributed by atoms with E-state index in [2.05, 4.69) is 37.1 Å². The Balaban J connectivity index is 2.43. The van der Waals surface area contributed by atoms with E-state index in [1.807, 2.05) is 24.0 Å². The average Bonchev–Trinajstić information content (AvgIpc) is 2.58. The zero-order valence-corrected chi connectivity index (χ0v) is 10.1. The van der Waals surface area contributed by atoms with Crippen molar-refractivity contribution >= 4 is 5.57 Å². The standard InChI is InChI=1S/C12H21N3/c1-10(2)13-7-5-6-11(3)12-14-8-9-15(12)4/h6,8-10,13H,5,7H2,1-4H3. The van der Waals surface area contributed by atoms with Crippen LogP contribution in [0.3, 0.4) is 0 Å². The highest BCUT2D eigenvalue weighted by Gasteiger charge is 2.00. The van der Waals surface area contributed by atoms with Crippen molar-refractivity contribution in [1.29, 1.82) is 0 Å². The van der Waals surface area contributed by atoms with Gasteiger partial charge in [-0.05, 0) is 25.5 Å². The maximum Gasteiger partial charge on any atom is 0.134 e. The Morgan fingerprint density at radius 1 is 1.60 bits per heavy atom. The molecule has 3 heteroatoms. The molecule has 0 aliphatic heterocycles. The number of hydrogen-bond acceptors (Lipinski definition) is 2. The van der Waals surface area contributed by atoms with Crippen LogP contribution in [-0.2, 0) is 7.05 Å². The van der Waals surface area contributed by atoms with Crippen molar-refractivity contribution in [3.8, 4) is 0 Å². The quantitative estimate of drug-likeness (QED) is 0.750. The van der Waals surface area contributed by atoms with Crippen molar-refractivity contribution in [3.05, 3.63) is 24.3 Å². The van der Waals surface area contributed by atoms with Crippen molar-refractivity contribution in [1.82, 2.24) is 14.9 Å². The number of imidazole rings is 1. The summed E-state index contributed by atoms with van der Waals surface area (Å²) in [6, 6.07) is 0.562. The van der Waals surface area contributed by atoms with E-state index in [0.717, 1.165) is 18.8 Å². The fourth-order valence-corrected chi connectivity index (χ4v) is 1.50. The zero-order chi connectivity index (χ0) is 11.3. The van der Waals surface area contributed by atoms with Crippen LogP contribution in [0.25, 0.3) is 5.57 Å². The number of nitrogens with one attached hydrogen (secondary N) is 1. The molecule has 84 valence electrons. The van der Waals surface area contributed by atoms with Crippen LogP contribution in [0.1, 0.15) is 33.0 Å². The van der Waals surface area contributed by atoms with Crippen LogP contribution in [0, 0.1) is 0 Å². The zero-order valence-electron chi connectivity index (χ0n) is 10.1. The van der Waals surface area contributed by atoms with Crippen LogP contribution in [-0.4, -0.2) is 22.1 Å². The van der Waals surface area contributed by atoms with E-state index in [-0.39, 0.29) is 0 Å². The molecule has 0 radical (unpaired) electrons. The first-order chi connectivity index (χ1) is 7.11. The number of rotatable bonds is 5. The first kappa shape index (κ1) is 12.0. The van der Waals surface area contributed by atoms with Crippen molar-refractivity contribution in [2.24, 2.45) is 7.05 Å². The SMILES string of the molecule is CC(=CCCNC(C)C)c1nccn1C. The van der Waals surface area contributed by atoms with E-state index in [9.17, 15) is 0 Å². The minimum absolute atomic E-state index is 0.562. The molecule has 0 fully saturated rings. The van der Waals surface area contributed by atoms with Gasteiger partial charge < -0.3 is 9.88 Å². The van der Waals surface area contributed by atoms with Gasteiger partial charge in [0.15, 0.2) is 0 Å². The molecule has 0 saturated carbocycles. The number of allylic oxidation sites excluding steroid dienone is 1. The molecule has 0 saturated heterocycles. The highest BCUT2D eigenvalue weighted by atomic mass is 15.0. The first-order valence-electron chi connectivity index (χ1n) is 5.49. The minimum Gasteiger partial charge on any atom is -0.334 e. The molecule has 0 unspecified atom stereocenters. The van der Waals surface area contributed by atoms with Crippen LogP contribution >= 0.6 is 0 Å². The van der Waals surface area contributed by atoms with Crippen molar-refractivity contribution in [2.45, 2.75) is 33.2 Å². The molecule has 0 aromatic carbocycles. The monoisotopic (exact) mass is 207 g/mol. The van der Waals surface area contributed by atoms with E-state index in [4.69, 9.17) is 0 Å². The smallest absolute Gasteiger partial charge is 0.134 e. The Morgan fingerprint density at radius 2 is 2.33 bits per heavy atom. The highest BCUT2D eigenvalue weighted by Crippen LogP contribution is 2.10. The second-order valence-electron chi connectivity index (χ2n) is 4.15. The third kappa shape index (κ3) is 3.88. The largest absolute Gasteiger partial charge is 0.334 e. The lowest BCUT2D eigenvalue weighted by molar-refractivity contribution is 0.595.